The number of hydrogen-bond donors (Lipinski definition) is 2. The molecule has 0 aliphatic carbocycles. The maximum atomic E-state index is 11.3. The minimum atomic E-state index is -0.870. The highest BCUT2D eigenvalue weighted by Gasteiger charge is 2.32. The fraction of sp³-hybridized carbons (Fsp3) is 0.667. The van der Waals surface area contributed by atoms with E-state index in [4.69, 9.17) is 4.42 Å². The number of nitrogens with zero attached hydrogens (tertiary/aromatic N) is 1. The van der Waals surface area contributed by atoms with E-state index in [1.54, 1.807) is 13.1 Å². The van der Waals surface area contributed by atoms with Crippen molar-refractivity contribution in [2.75, 3.05) is 5.75 Å². The molecule has 1 atom stereocenters. The number of oxazole rings is 1. The maximum Gasteiger partial charge on any atom is 0.323 e. The zero-order valence-corrected chi connectivity index (χ0v) is 11.8. The minimum Gasteiger partial charge on any atom is -0.480 e. The Morgan fingerprint density at radius 1 is 1.67 bits per heavy atom. The summed E-state index contributed by atoms with van der Waals surface area (Å²) in [6, 6.07) is 0.144. The van der Waals surface area contributed by atoms with Crippen molar-refractivity contribution in [3.63, 3.8) is 0 Å². The van der Waals surface area contributed by atoms with Crippen LogP contribution < -0.4 is 5.32 Å². The predicted molar refractivity (Wildman–Crippen MR) is 70.8 cm³/mol. The molecule has 1 aromatic heterocycles. The first-order valence-electron chi connectivity index (χ1n) is 5.97. The van der Waals surface area contributed by atoms with Crippen LogP contribution in [-0.2, 0) is 4.79 Å². The van der Waals surface area contributed by atoms with Gasteiger partial charge in [0, 0.05) is 11.8 Å². The Morgan fingerprint density at radius 3 is 2.89 bits per heavy atom. The molecule has 5 nitrogen and oxygen atoms in total. The third kappa shape index (κ3) is 4.70. The van der Waals surface area contributed by atoms with E-state index < -0.39 is 11.5 Å². The quantitative estimate of drug-likeness (QED) is 0.559. The monoisotopic (exact) mass is 272 g/mol. The second kappa shape index (κ2) is 6.80. The largest absolute Gasteiger partial charge is 0.480 e. The van der Waals surface area contributed by atoms with Gasteiger partial charge in [-0.15, -0.1) is 0 Å². The number of hydrogen-bond acceptors (Lipinski definition) is 5. The van der Waals surface area contributed by atoms with Crippen molar-refractivity contribution >= 4 is 17.7 Å². The Labute approximate surface area is 111 Å². The highest BCUT2D eigenvalue weighted by Crippen LogP contribution is 2.20. The first-order valence-corrected chi connectivity index (χ1v) is 6.96. The van der Waals surface area contributed by atoms with Gasteiger partial charge in [-0.05, 0) is 33.6 Å². The molecule has 0 saturated heterocycles. The molecule has 0 spiro atoms. The summed E-state index contributed by atoms with van der Waals surface area (Å²) in [5, 5.41) is 13.0. The molecule has 18 heavy (non-hydrogen) atoms. The van der Waals surface area contributed by atoms with Gasteiger partial charge in [0.25, 0.3) is 5.22 Å². The Balaban J connectivity index is 2.36. The maximum absolute atomic E-state index is 11.3. The molecule has 0 bridgehead atoms. The van der Waals surface area contributed by atoms with Crippen LogP contribution in [0, 0.1) is 0 Å². The molecule has 0 aliphatic heterocycles. The summed E-state index contributed by atoms with van der Waals surface area (Å²) in [6.45, 7) is 5.62. The SMILES string of the molecule is CC(C)NC(C)(CCCSc1ncco1)C(=O)O. The number of nitrogens with one attached hydrogen (secondary N) is 1. The Hall–Kier alpha value is -1.01. The van der Waals surface area contributed by atoms with Gasteiger partial charge in [-0.25, -0.2) is 4.98 Å². The van der Waals surface area contributed by atoms with E-state index in [1.807, 2.05) is 13.8 Å². The van der Waals surface area contributed by atoms with Gasteiger partial charge in [0.15, 0.2) is 0 Å². The summed E-state index contributed by atoms with van der Waals surface area (Å²) >= 11 is 1.50. The van der Waals surface area contributed by atoms with E-state index >= 15 is 0 Å². The van der Waals surface area contributed by atoms with Crippen LogP contribution in [0.4, 0.5) is 0 Å². The molecule has 0 saturated carbocycles. The Kier molecular flexibility index (Phi) is 5.68. The summed E-state index contributed by atoms with van der Waals surface area (Å²) in [5.74, 6) is -0.0132. The van der Waals surface area contributed by atoms with Crippen molar-refractivity contribution in [3.8, 4) is 0 Å². The van der Waals surface area contributed by atoms with Crippen molar-refractivity contribution in [2.24, 2.45) is 0 Å². The molecule has 6 heteroatoms. The first-order chi connectivity index (χ1) is 8.44. The average Bonchev–Trinajstić information content (AvgIpc) is 2.76. The van der Waals surface area contributed by atoms with Crippen LogP contribution >= 0.6 is 11.8 Å². The molecule has 0 radical (unpaired) electrons. The smallest absolute Gasteiger partial charge is 0.323 e. The van der Waals surface area contributed by atoms with E-state index in [-0.39, 0.29) is 6.04 Å². The zero-order chi connectivity index (χ0) is 13.6. The normalized spacial score (nSPS) is 14.7. The first kappa shape index (κ1) is 15.0. The summed E-state index contributed by atoms with van der Waals surface area (Å²) in [5.41, 5.74) is -0.870. The van der Waals surface area contributed by atoms with Crippen LogP contribution in [-0.4, -0.2) is 33.4 Å². The fourth-order valence-corrected chi connectivity index (χ4v) is 2.47. The molecule has 0 aromatic carbocycles. The van der Waals surface area contributed by atoms with E-state index in [2.05, 4.69) is 10.3 Å². The van der Waals surface area contributed by atoms with Gasteiger partial charge in [0.2, 0.25) is 0 Å². The van der Waals surface area contributed by atoms with Gasteiger partial charge in [-0.3, -0.25) is 10.1 Å². The van der Waals surface area contributed by atoms with Gasteiger partial charge in [-0.2, -0.15) is 0 Å². The summed E-state index contributed by atoms with van der Waals surface area (Å²) in [4.78, 5) is 15.3. The third-order valence-corrected chi connectivity index (χ3v) is 3.48. The van der Waals surface area contributed by atoms with Crippen molar-refractivity contribution in [1.82, 2.24) is 10.3 Å². The molecule has 102 valence electrons. The van der Waals surface area contributed by atoms with Crippen LogP contribution in [0.3, 0.4) is 0 Å². The van der Waals surface area contributed by atoms with Crippen molar-refractivity contribution in [3.05, 3.63) is 12.5 Å². The standard InChI is InChI=1S/C12H20N2O3S/c1-9(2)14-12(3,10(15)16)5-4-8-18-11-13-6-7-17-11/h6-7,9,14H,4-5,8H2,1-3H3,(H,15,16). The number of carbonyl (C=O) groups is 1. The number of rotatable bonds is 8. The van der Waals surface area contributed by atoms with Gasteiger partial charge >= 0.3 is 5.97 Å². The number of aromatic nitrogens is 1. The summed E-state index contributed by atoms with van der Waals surface area (Å²) in [6.07, 6.45) is 4.50. The van der Waals surface area contributed by atoms with Crippen molar-refractivity contribution in [1.29, 1.82) is 0 Å². The van der Waals surface area contributed by atoms with Crippen LogP contribution in [0.1, 0.15) is 33.6 Å². The zero-order valence-electron chi connectivity index (χ0n) is 11.0. The molecule has 2 N–H and O–H groups in total. The molecular formula is C12H20N2O3S. The van der Waals surface area contributed by atoms with E-state index in [1.165, 1.54) is 18.0 Å². The predicted octanol–water partition coefficient (Wildman–Crippen LogP) is 2.39. The lowest BCUT2D eigenvalue weighted by molar-refractivity contribution is -0.144. The average molecular weight is 272 g/mol. The van der Waals surface area contributed by atoms with Gasteiger partial charge in [0.05, 0.1) is 6.20 Å². The van der Waals surface area contributed by atoms with Crippen LogP contribution in [0.25, 0.3) is 0 Å². The highest BCUT2D eigenvalue weighted by atomic mass is 32.2. The van der Waals surface area contributed by atoms with Crippen LogP contribution in [0.2, 0.25) is 0 Å². The van der Waals surface area contributed by atoms with Crippen molar-refractivity contribution in [2.45, 2.75) is 50.4 Å². The third-order valence-electron chi connectivity index (χ3n) is 2.54. The molecule has 1 aromatic rings. The summed E-state index contributed by atoms with van der Waals surface area (Å²) < 4.78 is 5.10. The van der Waals surface area contributed by atoms with E-state index in [0.29, 0.717) is 11.6 Å². The lowest BCUT2D eigenvalue weighted by atomic mass is 9.95. The molecule has 1 rings (SSSR count). The van der Waals surface area contributed by atoms with Gasteiger partial charge in [-0.1, -0.05) is 11.8 Å². The minimum absolute atomic E-state index is 0.144. The lowest BCUT2D eigenvalue weighted by Gasteiger charge is -2.28. The summed E-state index contributed by atoms with van der Waals surface area (Å²) in [7, 11) is 0. The van der Waals surface area contributed by atoms with E-state index in [9.17, 15) is 9.90 Å². The van der Waals surface area contributed by atoms with Gasteiger partial charge in [0.1, 0.15) is 11.8 Å². The molecule has 0 amide bonds. The molecule has 1 unspecified atom stereocenters. The molecular weight excluding hydrogens is 252 g/mol. The van der Waals surface area contributed by atoms with E-state index in [0.717, 1.165) is 12.2 Å². The number of carboxylic acids is 1. The van der Waals surface area contributed by atoms with Crippen molar-refractivity contribution < 1.29 is 14.3 Å². The van der Waals surface area contributed by atoms with Crippen LogP contribution in [0.15, 0.2) is 22.1 Å². The Bertz CT molecular complexity index is 367. The molecule has 0 aliphatic rings. The Morgan fingerprint density at radius 2 is 2.39 bits per heavy atom. The number of aliphatic carboxylic acids is 1. The van der Waals surface area contributed by atoms with Crippen LogP contribution in [0.5, 0.6) is 0 Å². The topological polar surface area (TPSA) is 75.4 Å². The number of carboxylic acid groups (broad SMARTS) is 1. The molecule has 0 fully saturated rings. The number of thioether (sulfide) groups is 1. The lowest BCUT2D eigenvalue weighted by Crippen LogP contribution is -2.52. The fourth-order valence-electron chi connectivity index (χ4n) is 1.74. The highest BCUT2D eigenvalue weighted by molar-refractivity contribution is 7.99. The van der Waals surface area contributed by atoms with Gasteiger partial charge < -0.3 is 9.52 Å². The molecule has 1 heterocycles. The second-order valence-corrected chi connectivity index (χ2v) is 5.73. The second-order valence-electron chi connectivity index (χ2n) is 4.69.